The van der Waals surface area contributed by atoms with E-state index in [0.717, 1.165) is 29.4 Å². The van der Waals surface area contributed by atoms with Gasteiger partial charge in [0.2, 0.25) is 0 Å². The molecule has 2 aromatic rings. The number of benzene rings is 1. The van der Waals surface area contributed by atoms with Gasteiger partial charge in [0, 0.05) is 23.2 Å². The van der Waals surface area contributed by atoms with E-state index in [4.69, 9.17) is 4.74 Å². The van der Waals surface area contributed by atoms with Gasteiger partial charge in [-0.2, -0.15) is 12.6 Å². The molecular formula is C14H17NOS2. The van der Waals surface area contributed by atoms with Crippen molar-refractivity contribution >= 4 is 24.0 Å². The average Bonchev–Trinajstić information content (AvgIpc) is 2.87. The van der Waals surface area contributed by atoms with Gasteiger partial charge in [-0.05, 0) is 24.1 Å². The second kappa shape index (κ2) is 6.81. The molecule has 0 spiro atoms. The third-order valence-corrected chi connectivity index (χ3v) is 4.29. The van der Waals surface area contributed by atoms with Crippen LogP contribution >= 0.6 is 24.0 Å². The molecule has 18 heavy (non-hydrogen) atoms. The SMILES string of the molecule is CCc1ccc(OCCc2ncc(CS)s2)cc1. The smallest absolute Gasteiger partial charge is 0.119 e. The Kier molecular flexibility index (Phi) is 5.08. The first kappa shape index (κ1) is 13.4. The highest BCUT2D eigenvalue weighted by atomic mass is 32.1. The molecule has 1 aromatic heterocycles. The van der Waals surface area contributed by atoms with Crippen molar-refractivity contribution in [2.24, 2.45) is 0 Å². The number of thiol groups is 1. The van der Waals surface area contributed by atoms with Gasteiger partial charge in [-0.15, -0.1) is 11.3 Å². The Morgan fingerprint density at radius 3 is 2.67 bits per heavy atom. The molecule has 1 aromatic carbocycles. The second-order valence-electron chi connectivity index (χ2n) is 3.97. The summed E-state index contributed by atoms with van der Waals surface area (Å²) in [6.07, 6.45) is 3.81. The van der Waals surface area contributed by atoms with E-state index in [-0.39, 0.29) is 0 Å². The quantitative estimate of drug-likeness (QED) is 0.813. The fourth-order valence-electron chi connectivity index (χ4n) is 1.61. The monoisotopic (exact) mass is 279 g/mol. The lowest BCUT2D eigenvalue weighted by Gasteiger charge is -2.05. The number of ether oxygens (including phenoxy) is 1. The van der Waals surface area contributed by atoms with Crippen LogP contribution in [0.3, 0.4) is 0 Å². The molecule has 0 atom stereocenters. The van der Waals surface area contributed by atoms with Gasteiger partial charge >= 0.3 is 0 Å². The fraction of sp³-hybridized carbons (Fsp3) is 0.357. The minimum absolute atomic E-state index is 0.672. The standard InChI is InChI=1S/C14H17NOS2/c1-2-11-3-5-12(6-4-11)16-8-7-14-15-9-13(10-17)18-14/h3-6,9,17H,2,7-8,10H2,1H3. The Labute approximate surface area is 117 Å². The van der Waals surface area contributed by atoms with Crippen molar-refractivity contribution in [3.8, 4) is 5.75 Å². The zero-order valence-electron chi connectivity index (χ0n) is 10.4. The molecule has 2 nitrogen and oxygen atoms in total. The minimum Gasteiger partial charge on any atom is -0.493 e. The molecule has 0 amide bonds. The van der Waals surface area contributed by atoms with Crippen LogP contribution in [0.5, 0.6) is 5.75 Å². The van der Waals surface area contributed by atoms with Gasteiger partial charge in [0.25, 0.3) is 0 Å². The van der Waals surface area contributed by atoms with E-state index >= 15 is 0 Å². The van der Waals surface area contributed by atoms with E-state index in [1.807, 2.05) is 18.3 Å². The topological polar surface area (TPSA) is 22.1 Å². The molecule has 1 heterocycles. The van der Waals surface area contributed by atoms with Gasteiger partial charge in [0.1, 0.15) is 5.75 Å². The third-order valence-electron chi connectivity index (χ3n) is 2.67. The van der Waals surface area contributed by atoms with Gasteiger partial charge in [-0.3, -0.25) is 0 Å². The maximum atomic E-state index is 5.70. The molecule has 0 bridgehead atoms. The maximum absolute atomic E-state index is 5.70. The predicted molar refractivity (Wildman–Crippen MR) is 79.8 cm³/mol. The van der Waals surface area contributed by atoms with Gasteiger partial charge < -0.3 is 4.74 Å². The molecule has 0 aliphatic carbocycles. The number of thiazole rings is 1. The molecule has 96 valence electrons. The lowest BCUT2D eigenvalue weighted by Crippen LogP contribution is -2.00. The van der Waals surface area contributed by atoms with Crippen LogP contribution in [0.25, 0.3) is 0 Å². The normalized spacial score (nSPS) is 10.6. The van der Waals surface area contributed by atoms with Crippen LogP contribution in [0.1, 0.15) is 22.4 Å². The zero-order valence-corrected chi connectivity index (χ0v) is 12.1. The predicted octanol–water partition coefficient (Wildman–Crippen LogP) is 3.76. The molecule has 0 saturated heterocycles. The van der Waals surface area contributed by atoms with Gasteiger partial charge in [-0.1, -0.05) is 19.1 Å². The summed E-state index contributed by atoms with van der Waals surface area (Å²) in [4.78, 5) is 5.54. The fourth-order valence-corrected chi connectivity index (χ4v) is 2.65. The van der Waals surface area contributed by atoms with Crippen molar-refractivity contribution < 1.29 is 4.74 Å². The maximum Gasteiger partial charge on any atom is 0.119 e. The van der Waals surface area contributed by atoms with Crippen molar-refractivity contribution in [3.63, 3.8) is 0 Å². The van der Waals surface area contributed by atoms with Crippen molar-refractivity contribution in [1.82, 2.24) is 4.98 Å². The van der Waals surface area contributed by atoms with Crippen LogP contribution in [0.4, 0.5) is 0 Å². The van der Waals surface area contributed by atoms with Crippen LogP contribution in [-0.4, -0.2) is 11.6 Å². The third kappa shape index (κ3) is 3.75. The number of hydrogen-bond donors (Lipinski definition) is 1. The second-order valence-corrected chi connectivity index (χ2v) is 5.49. The Balaban J connectivity index is 1.80. The Morgan fingerprint density at radius 2 is 2.06 bits per heavy atom. The molecule has 0 radical (unpaired) electrons. The zero-order chi connectivity index (χ0) is 12.8. The number of hydrogen-bond acceptors (Lipinski definition) is 4. The molecular weight excluding hydrogens is 262 g/mol. The minimum atomic E-state index is 0.672. The van der Waals surface area contributed by atoms with Crippen LogP contribution in [0.15, 0.2) is 30.5 Å². The number of aromatic nitrogens is 1. The lowest BCUT2D eigenvalue weighted by atomic mass is 10.2. The molecule has 0 aliphatic heterocycles. The molecule has 2 rings (SSSR count). The van der Waals surface area contributed by atoms with E-state index < -0.39 is 0 Å². The first-order valence-electron chi connectivity index (χ1n) is 6.08. The molecule has 4 heteroatoms. The summed E-state index contributed by atoms with van der Waals surface area (Å²) >= 11 is 5.94. The number of nitrogens with zero attached hydrogens (tertiary/aromatic N) is 1. The summed E-state index contributed by atoms with van der Waals surface area (Å²) in [5.74, 6) is 1.69. The summed E-state index contributed by atoms with van der Waals surface area (Å²) in [6, 6.07) is 8.27. The summed E-state index contributed by atoms with van der Waals surface area (Å²) in [7, 11) is 0. The molecule has 0 unspecified atom stereocenters. The summed E-state index contributed by atoms with van der Waals surface area (Å²) < 4.78 is 5.70. The molecule has 0 saturated carbocycles. The summed E-state index contributed by atoms with van der Waals surface area (Å²) in [5, 5.41) is 1.12. The first-order valence-corrected chi connectivity index (χ1v) is 7.53. The van der Waals surface area contributed by atoms with Crippen LogP contribution in [0, 0.1) is 0 Å². The van der Waals surface area contributed by atoms with Crippen LogP contribution in [0.2, 0.25) is 0 Å². The first-order chi connectivity index (χ1) is 8.81. The van der Waals surface area contributed by atoms with E-state index in [0.29, 0.717) is 6.61 Å². The van der Waals surface area contributed by atoms with Crippen LogP contribution < -0.4 is 4.74 Å². The highest BCUT2D eigenvalue weighted by molar-refractivity contribution is 7.79. The summed E-state index contributed by atoms with van der Waals surface area (Å²) in [5.41, 5.74) is 1.33. The van der Waals surface area contributed by atoms with Gasteiger partial charge in [-0.25, -0.2) is 4.98 Å². The van der Waals surface area contributed by atoms with E-state index in [9.17, 15) is 0 Å². The number of rotatable bonds is 6. The van der Waals surface area contributed by atoms with E-state index in [2.05, 4.69) is 36.7 Å². The molecule has 0 fully saturated rings. The van der Waals surface area contributed by atoms with E-state index in [1.54, 1.807) is 11.3 Å². The Hall–Kier alpha value is -1.00. The van der Waals surface area contributed by atoms with Gasteiger partial charge in [0.05, 0.1) is 11.6 Å². The van der Waals surface area contributed by atoms with Crippen LogP contribution in [-0.2, 0) is 18.6 Å². The van der Waals surface area contributed by atoms with Crippen molar-refractivity contribution in [2.75, 3.05) is 6.61 Å². The average molecular weight is 279 g/mol. The Morgan fingerprint density at radius 1 is 1.28 bits per heavy atom. The summed E-state index contributed by atoms with van der Waals surface area (Å²) in [6.45, 7) is 2.82. The molecule has 0 N–H and O–H groups in total. The van der Waals surface area contributed by atoms with E-state index in [1.165, 1.54) is 10.4 Å². The van der Waals surface area contributed by atoms with Crippen molar-refractivity contribution in [2.45, 2.75) is 25.5 Å². The highest BCUT2D eigenvalue weighted by Crippen LogP contribution is 2.16. The number of aryl methyl sites for hydroxylation is 1. The Bertz CT molecular complexity index is 479. The highest BCUT2D eigenvalue weighted by Gasteiger charge is 2.01. The largest absolute Gasteiger partial charge is 0.493 e. The lowest BCUT2D eigenvalue weighted by molar-refractivity contribution is 0.321. The van der Waals surface area contributed by atoms with Crippen molar-refractivity contribution in [3.05, 3.63) is 45.9 Å². The van der Waals surface area contributed by atoms with Crippen molar-refractivity contribution in [1.29, 1.82) is 0 Å². The molecule has 0 aliphatic rings. The van der Waals surface area contributed by atoms with Gasteiger partial charge in [0.15, 0.2) is 0 Å².